The van der Waals surface area contributed by atoms with Crippen molar-refractivity contribution in [2.24, 2.45) is 5.73 Å². The van der Waals surface area contributed by atoms with Gasteiger partial charge >= 0.3 is 6.36 Å². The van der Waals surface area contributed by atoms with Crippen LogP contribution in [0.15, 0.2) is 41.3 Å². The number of hydrogen-bond acceptors (Lipinski definition) is 4. The first kappa shape index (κ1) is 21.0. The van der Waals surface area contributed by atoms with Gasteiger partial charge < -0.3 is 10.5 Å². The lowest BCUT2D eigenvalue weighted by Crippen LogP contribution is -2.24. The van der Waals surface area contributed by atoms with Crippen LogP contribution in [0, 0.1) is 12.7 Å². The van der Waals surface area contributed by atoms with Crippen molar-refractivity contribution in [3.8, 4) is 5.75 Å². The lowest BCUT2D eigenvalue weighted by atomic mass is 9.89. The highest BCUT2D eigenvalue weighted by Gasteiger charge is 2.31. The average molecular weight is 426 g/mol. The highest BCUT2D eigenvalue weighted by molar-refractivity contribution is 8.13. The zero-order valence-corrected chi connectivity index (χ0v) is 15.1. The summed E-state index contributed by atoms with van der Waals surface area (Å²) in [6.07, 6.45) is -4.91. The number of carbonyl (C=O) groups excluding carboxylic acids is 1. The Morgan fingerprint density at radius 3 is 2.19 bits per heavy atom. The van der Waals surface area contributed by atoms with Gasteiger partial charge in [-0.15, -0.1) is 13.2 Å². The zero-order chi connectivity index (χ0) is 20.6. The van der Waals surface area contributed by atoms with E-state index in [0.717, 1.165) is 36.4 Å². The molecule has 2 aromatic carbocycles. The van der Waals surface area contributed by atoms with E-state index in [0.29, 0.717) is 0 Å². The van der Waals surface area contributed by atoms with Crippen LogP contribution in [0.3, 0.4) is 0 Å². The molecule has 0 aromatic heterocycles. The number of ether oxygens (including phenoxy) is 1. The lowest BCUT2D eigenvalue weighted by Gasteiger charge is -2.17. The molecule has 27 heavy (non-hydrogen) atoms. The van der Waals surface area contributed by atoms with Crippen LogP contribution in [0.5, 0.6) is 5.75 Å². The Kier molecular flexibility index (Phi) is 5.71. The minimum atomic E-state index is -4.91. The molecule has 1 amide bonds. The van der Waals surface area contributed by atoms with Crippen molar-refractivity contribution < 1.29 is 35.5 Å². The summed E-state index contributed by atoms with van der Waals surface area (Å²) < 4.78 is 78.0. The monoisotopic (exact) mass is 425 g/mol. The molecule has 0 bridgehead atoms. The van der Waals surface area contributed by atoms with Gasteiger partial charge in [-0.3, -0.25) is 4.79 Å². The van der Waals surface area contributed by atoms with Crippen LogP contribution in [-0.2, 0) is 13.8 Å². The minimum absolute atomic E-state index is 0.0170. The van der Waals surface area contributed by atoms with Gasteiger partial charge in [-0.1, -0.05) is 12.1 Å². The summed E-state index contributed by atoms with van der Waals surface area (Å²) >= 11 is 0. The number of halogens is 5. The van der Waals surface area contributed by atoms with Crippen LogP contribution in [0.1, 0.15) is 22.6 Å². The van der Waals surface area contributed by atoms with Crippen LogP contribution in [0.25, 0.3) is 0 Å². The molecule has 1 unspecified atom stereocenters. The number of nitrogens with two attached hydrogens (primary N) is 1. The number of hydrogen-bond donors (Lipinski definition) is 1. The largest absolute Gasteiger partial charge is 0.573 e. The number of primary amides is 1. The van der Waals surface area contributed by atoms with Crippen LogP contribution in [-0.4, -0.2) is 20.7 Å². The molecule has 0 saturated carbocycles. The molecular weight excluding hydrogens is 414 g/mol. The van der Waals surface area contributed by atoms with Crippen molar-refractivity contribution in [2.75, 3.05) is 0 Å². The molecule has 0 spiro atoms. The van der Waals surface area contributed by atoms with Crippen molar-refractivity contribution in [1.29, 1.82) is 0 Å². The summed E-state index contributed by atoms with van der Waals surface area (Å²) in [5, 5.41) is 0. The molecule has 0 aliphatic rings. The van der Waals surface area contributed by atoms with Gasteiger partial charge in [0.15, 0.2) is 0 Å². The van der Waals surface area contributed by atoms with E-state index in [1.807, 2.05) is 0 Å². The Bertz CT molecular complexity index is 975. The van der Waals surface area contributed by atoms with Crippen molar-refractivity contribution in [3.63, 3.8) is 0 Å². The fraction of sp³-hybridized carbons (Fsp3) is 0.188. The Morgan fingerprint density at radius 1 is 1.19 bits per heavy atom. The van der Waals surface area contributed by atoms with Gasteiger partial charge in [0.1, 0.15) is 11.6 Å². The second-order valence-electron chi connectivity index (χ2n) is 5.53. The highest BCUT2D eigenvalue weighted by atomic mass is 35.7. The topological polar surface area (TPSA) is 86.5 Å². The Morgan fingerprint density at radius 2 is 1.74 bits per heavy atom. The molecule has 0 heterocycles. The number of carbonyl (C=O) groups is 1. The average Bonchev–Trinajstić information content (AvgIpc) is 2.48. The maximum absolute atomic E-state index is 14.4. The minimum Gasteiger partial charge on any atom is -0.406 e. The Balaban J connectivity index is 2.55. The third-order valence-electron chi connectivity index (χ3n) is 3.60. The number of amides is 1. The van der Waals surface area contributed by atoms with Gasteiger partial charge in [0.25, 0.3) is 9.05 Å². The molecule has 5 nitrogen and oxygen atoms in total. The maximum Gasteiger partial charge on any atom is 0.573 e. The Labute approximate surface area is 156 Å². The summed E-state index contributed by atoms with van der Waals surface area (Å²) in [7, 11) is 1.08. The van der Waals surface area contributed by atoms with Gasteiger partial charge in [-0.25, -0.2) is 12.8 Å². The second-order valence-corrected chi connectivity index (χ2v) is 8.06. The number of rotatable bonds is 5. The van der Waals surface area contributed by atoms with Gasteiger partial charge in [0, 0.05) is 16.2 Å². The van der Waals surface area contributed by atoms with E-state index in [1.165, 1.54) is 6.92 Å². The predicted octanol–water partition coefficient (Wildman–Crippen LogP) is 3.58. The fourth-order valence-corrected chi connectivity index (χ4v) is 3.72. The molecule has 0 saturated heterocycles. The normalized spacial score (nSPS) is 13.3. The summed E-state index contributed by atoms with van der Waals surface area (Å²) in [6, 6.07) is 5.77. The van der Waals surface area contributed by atoms with Crippen molar-refractivity contribution in [2.45, 2.75) is 24.1 Å². The standard InChI is InChI=1S/C16H12ClF4NO4S/c1-8-6-12(18)11(7-13(8)27(17,24)25)14(15(22)23)9-2-4-10(5-3-9)26-16(19,20)21/h2-7,14H,1H3,(H2,22,23). The molecule has 0 radical (unpaired) electrons. The Hall–Kier alpha value is -2.33. The summed E-state index contributed by atoms with van der Waals surface area (Å²) in [5.74, 6) is -3.97. The smallest absolute Gasteiger partial charge is 0.406 e. The first-order chi connectivity index (χ1) is 12.3. The summed E-state index contributed by atoms with van der Waals surface area (Å²) in [5.41, 5.74) is 4.99. The quantitative estimate of drug-likeness (QED) is 0.586. The first-order valence-electron chi connectivity index (χ1n) is 7.19. The molecule has 0 fully saturated rings. The van der Waals surface area contributed by atoms with Gasteiger partial charge in [-0.2, -0.15) is 0 Å². The van der Waals surface area contributed by atoms with E-state index in [9.17, 15) is 30.8 Å². The molecule has 146 valence electrons. The molecule has 2 aromatic rings. The van der Waals surface area contributed by atoms with Crippen LogP contribution < -0.4 is 10.5 Å². The molecule has 2 N–H and O–H groups in total. The van der Waals surface area contributed by atoms with E-state index in [4.69, 9.17) is 16.4 Å². The fourth-order valence-electron chi connectivity index (χ4n) is 2.51. The molecule has 1 atom stereocenters. The van der Waals surface area contributed by atoms with E-state index < -0.39 is 43.7 Å². The maximum atomic E-state index is 14.4. The third kappa shape index (κ3) is 5.10. The molecule has 0 aliphatic heterocycles. The van der Waals surface area contributed by atoms with E-state index >= 15 is 0 Å². The van der Waals surface area contributed by atoms with Crippen LogP contribution in [0.2, 0.25) is 0 Å². The van der Waals surface area contributed by atoms with Gasteiger partial charge in [0.2, 0.25) is 5.91 Å². The highest BCUT2D eigenvalue weighted by Crippen LogP contribution is 2.33. The molecular formula is C16H12ClF4NO4S. The summed E-state index contributed by atoms with van der Waals surface area (Å²) in [6.45, 7) is 1.31. The number of benzene rings is 2. The molecule has 2 rings (SSSR count). The van der Waals surface area contributed by atoms with Gasteiger partial charge in [-0.05, 0) is 42.3 Å². The van der Waals surface area contributed by atoms with Crippen molar-refractivity contribution >= 4 is 25.6 Å². The van der Waals surface area contributed by atoms with Gasteiger partial charge in [0.05, 0.1) is 10.8 Å². The van der Waals surface area contributed by atoms with Crippen molar-refractivity contribution in [1.82, 2.24) is 0 Å². The van der Waals surface area contributed by atoms with Crippen LogP contribution in [0.4, 0.5) is 17.6 Å². The van der Waals surface area contributed by atoms with E-state index in [-0.39, 0.29) is 16.7 Å². The lowest BCUT2D eigenvalue weighted by molar-refractivity contribution is -0.274. The second kappa shape index (κ2) is 7.35. The van der Waals surface area contributed by atoms with Crippen LogP contribution >= 0.6 is 10.7 Å². The molecule has 11 heteroatoms. The van der Waals surface area contributed by atoms with E-state index in [2.05, 4.69) is 4.74 Å². The molecule has 0 aliphatic carbocycles. The summed E-state index contributed by atoms with van der Waals surface area (Å²) in [4.78, 5) is 11.5. The number of aryl methyl sites for hydroxylation is 1. The van der Waals surface area contributed by atoms with Crippen molar-refractivity contribution in [3.05, 3.63) is 58.9 Å². The first-order valence-corrected chi connectivity index (χ1v) is 9.50. The third-order valence-corrected chi connectivity index (χ3v) is 5.06. The number of alkyl halides is 3. The SMILES string of the molecule is Cc1cc(F)c(C(C(N)=O)c2ccc(OC(F)(F)F)cc2)cc1S(=O)(=O)Cl. The predicted molar refractivity (Wildman–Crippen MR) is 88.3 cm³/mol. The van der Waals surface area contributed by atoms with E-state index in [1.54, 1.807) is 0 Å². The zero-order valence-electron chi connectivity index (χ0n) is 13.5.